The molecule has 24 heavy (non-hydrogen) atoms. The summed E-state index contributed by atoms with van der Waals surface area (Å²) in [5.74, 6) is 0.940. The molecule has 0 aliphatic carbocycles. The van der Waals surface area contributed by atoms with Crippen molar-refractivity contribution in [2.24, 2.45) is 12.0 Å². The molecule has 5 nitrogen and oxygen atoms in total. The largest absolute Gasteiger partial charge is 0.381 e. The van der Waals surface area contributed by atoms with Crippen molar-refractivity contribution in [3.05, 3.63) is 23.0 Å². The first-order valence-electron chi connectivity index (χ1n) is 8.43. The molecule has 136 valence electrons. The second-order valence-corrected chi connectivity index (χ2v) is 8.00. The van der Waals surface area contributed by atoms with E-state index in [1.165, 1.54) is 5.69 Å². The number of thioether (sulfide) groups is 1. The molecule has 0 atom stereocenters. The van der Waals surface area contributed by atoms with Gasteiger partial charge in [-0.1, -0.05) is 11.6 Å². The Morgan fingerprint density at radius 3 is 2.75 bits per heavy atom. The van der Waals surface area contributed by atoms with Gasteiger partial charge >= 0.3 is 0 Å². The number of halogens is 1. The normalized spacial score (nSPS) is 17.8. The molecule has 0 saturated carbocycles. The van der Waals surface area contributed by atoms with Gasteiger partial charge in [0.15, 0.2) is 5.96 Å². The van der Waals surface area contributed by atoms with Gasteiger partial charge in [0.2, 0.25) is 0 Å². The summed E-state index contributed by atoms with van der Waals surface area (Å²) in [5.41, 5.74) is 1.17. The fraction of sp³-hybridized carbons (Fsp3) is 0.706. The van der Waals surface area contributed by atoms with Crippen LogP contribution in [0, 0.1) is 0 Å². The molecule has 0 unspecified atom stereocenters. The average molecular weight is 373 g/mol. The number of aromatic nitrogens is 1. The minimum Gasteiger partial charge on any atom is -0.381 e. The van der Waals surface area contributed by atoms with Crippen LogP contribution in [0.25, 0.3) is 0 Å². The number of aliphatic imine (C=N–C) groups is 1. The zero-order valence-electron chi connectivity index (χ0n) is 15.1. The number of ether oxygens (including phenoxy) is 1. The molecule has 1 saturated heterocycles. The summed E-state index contributed by atoms with van der Waals surface area (Å²) in [6, 6.07) is 2.00. The lowest BCUT2D eigenvalue weighted by Gasteiger charge is -2.34. The smallest absolute Gasteiger partial charge is 0.194 e. The number of aryl methyl sites for hydroxylation is 1. The first kappa shape index (κ1) is 19.5. The first-order valence-corrected chi connectivity index (χ1v) is 10.0. The minimum atomic E-state index is 0.202. The number of guanidine groups is 1. The van der Waals surface area contributed by atoms with Gasteiger partial charge in [-0.25, -0.2) is 0 Å². The molecule has 1 aliphatic heterocycles. The van der Waals surface area contributed by atoms with Crippen molar-refractivity contribution in [2.75, 3.05) is 39.6 Å². The third-order valence-electron chi connectivity index (χ3n) is 4.52. The highest BCUT2D eigenvalue weighted by Gasteiger charge is 2.31. The van der Waals surface area contributed by atoms with Crippen LogP contribution in [-0.2, 0) is 18.3 Å². The number of hydrogen-bond acceptors (Lipinski definition) is 3. The van der Waals surface area contributed by atoms with Crippen molar-refractivity contribution in [3.8, 4) is 0 Å². The Morgan fingerprint density at radius 2 is 2.21 bits per heavy atom. The fourth-order valence-electron chi connectivity index (χ4n) is 2.90. The van der Waals surface area contributed by atoms with Crippen molar-refractivity contribution in [2.45, 2.75) is 31.1 Å². The zero-order valence-corrected chi connectivity index (χ0v) is 16.7. The lowest BCUT2D eigenvalue weighted by molar-refractivity contribution is 0.0793. The SMILES string of the molecule is CCNC(=NCC1(SC)CCOCC1)N(C)Cc1cc(Cl)cn1C. The molecule has 1 aliphatic rings. The van der Waals surface area contributed by atoms with E-state index in [1.54, 1.807) is 0 Å². The second kappa shape index (κ2) is 9.02. The predicted molar refractivity (Wildman–Crippen MR) is 104 cm³/mol. The summed E-state index contributed by atoms with van der Waals surface area (Å²) in [6.45, 7) is 6.21. The van der Waals surface area contributed by atoms with E-state index in [1.807, 2.05) is 31.1 Å². The van der Waals surface area contributed by atoms with Crippen LogP contribution in [0.3, 0.4) is 0 Å². The van der Waals surface area contributed by atoms with E-state index < -0.39 is 0 Å². The molecule has 1 aromatic rings. The van der Waals surface area contributed by atoms with Crippen LogP contribution in [0.2, 0.25) is 5.02 Å². The van der Waals surface area contributed by atoms with Gasteiger partial charge in [-0.3, -0.25) is 4.99 Å². The van der Waals surface area contributed by atoms with Gasteiger partial charge in [-0.2, -0.15) is 11.8 Å². The van der Waals surface area contributed by atoms with E-state index in [2.05, 4.69) is 35.0 Å². The van der Waals surface area contributed by atoms with Crippen molar-refractivity contribution in [1.82, 2.24) is 14.8 Å². The number of hydrogen-bond donors (Lipinski definition) is 1. The second-order valence-electron chi connectivity index (χ2n) is 6.29. The van der Waals surface area contributed by atoms with Crippen LogP contribution in [0.4, 0.5) is 0 Å². The van der Waals surface area contributed by atoms with Crippen LogP contribution < -0.4 is 5.32 Å². The van der Waals surface area contributed by atoms with Crippen LogP contribution in [-0.4, -0.2) is 59.8 Å². The summed E-state index contributed by atoms with van der Waals surface area (Å²) >= 11 is 8.01. The Bertz CT molecular complexity index is 555. The van der Waals surface area contributed by atoms with Crippen LogP contribution in [0.1, 0.15) is 25.5 Å². The highest BCUT2D eigenvalue weighted by Crippen LogP contribution is 2.34. The molecule has 7 heteroatoms. The Labute approximate surface area is 154 Å². The van der Waals surface area contributed by atoms with E-state index >= 15 is 0 Å². The van der Waals surface area contributed by atoms with Gasteiger partial charge in [-0.05, 0) is 32.1 Å². The fourth-order valence-corrected chi connectivity index (χ4v) is 3.94. The van der Waals surface area contributed by atoms with Crippen molar-refractivity contribution in [1.29, 1.82) is 0 Å². The standard InChI is InChI=1S/C17H29ClN4OS/c1-5-19-16(20-13-17(24-4)6-8-23-9-7-17)22(3)12-15-10-14(18)11-21(15)2/h10-11H,5-9,12-13H2,1-4H3,(H,19,20). The predicted octanol–water partition coefficient (Wildman–Crippen LogP) is 2.99. The van der Waals surface area contributed by atoms with Crippen molar-refractivity contribution >= 4 is 29.3 Å². The molecule has 0 bridgehead atoms. The maximum absolute atomic E-state index is 6.09. The van der Waals surface area contributed by atoms with Crippen LogP contribution >= 0.6 is 23.4 Å². The van der Waals surface area contributed by atoms with E-state index in [4.69, 9.17) is 21.3 Å². The summed E-state index contributed by atoms with van der Waals surface area (Å²) < 4.78 is 7.78. The molecular weight excluding hydrogens is 344 g/mol. The lowest BCUT2D eigenvalue weighted by Crippen LogP contribution is -2.41. The van der Waals surface area contributed by atoms with Gasteiger partial charge < -0.3 is 19.5 Å². The van der Waals surface area contributed by atoms with Crippen LogP contribution in [0.5, 0.6) is 0 Å². The summed E-state index contributed by atoms with van der Waals surface area (Å²) in [5, 5.41) is 4.17. The Morgan fingerprint density at radius 1 is 1.50 bits per heavy atom. The van der Waals surface area contributed by atoms with Gasteiger partial charge in [0, 0.05) is 50.5 Å². The van der Waals surface area contributed by atoms with Gasteiger partial charge in [0.25, 0.3) is 0 Å². The summed E-state index contributed by atoms with van der Waals surface area (Å²) in [4.78, 5) is 7.08. The monoisotopic (exact) mass is 372 g/mol. The van der Waals surface area contributed by atoms with Crippen LogP contribution in [0.15, 0.2) is 17.3 Å². The molecule has 0 amide bonds. The quantitative estimate of drug-likeness (QED) is 0.615. The maximum atomic E-state index is 6.09. The maximum Gasteiger partial charge on any atom is 0.194 e. The number of nitrogens with zero attached hydrogens (tertiary/aromatic N) is 3. The molecule has 0 spiro atoms. The van der Waals surface area contributed by atoms with Crippen molar-refractivity contribution in [3.63, 3.8) is 0 Å². The molecule has 0 radical (unpaired) electrons. The average Bonchev–Trinajstić information content (AvgIpc) is 2.89. The topological polar surface area (TPSA) is 41.8 Å². The van der Waals surface area contributed by atoms with Gasteiger partial charge in [-0.15, -0.1) is 0 Å². The third kappa shape index (κ3) is 5.07. The number of nitrogens with one attached hydrogen (secondary N) is 1. The first-order chi connectivity index (χ1) is 11.5. The molecule has 2 heterocycles. The van der Waals surface area contributed by atoms with E-state index in [-0.39, 0.29) is 4.75 Å². The Hall–Kier alpha value is -0.850. The van der Waals surface area contributed by atoms with E-state index in [0.29, 0.717) is 0 Å². The zero-order chi connectivity index (χ0) is 17.6. The Kier molecular flexibility index (Phi) is 7.32. The molecule has 1 fully saturated rings. The molecule has 1 aromatic heterocycles. The summed E-state index contributed by atoms with van der Waals surface area (Å²) in [6.07, 6.45) is 6.24. The molecule has 2 rings (SSSR count). The third-order valence-corrected chi connectivity index (χ3v) is 6.13. The Balaban J connectivity index is 2.07. The molecule has 0 aromatic carbocycles. The highest BCUT2D eigenvalue weighted by molar-refractivity contribution is 8.00. The minimum absolute atomic E-state index is 0.202. The van der Waals surface area contributed by atoms with Crippen molar-refractivity contribution < 1.29 is 4.74 Å². The molecule has 1 N–H and O–H groups in total. The lowest BCUT2D eigenvalue weighted by atomic mass is 9.99. The number of rotatable bonds is 6. The summed E-state index contributed by atoms with van der Waals surface area (Å²) in [7, 11) is 4.09. The van der Waals surface area contributed by atoms with E-state index in [9.17, 15) is 0 Å². The van der Waals surface area contributed by atoms with Gasteiger partial charge in [0.05, 0.1) is 18.1 Å². The molecular formula is C17H29ClN4OS. The van der Waals surface area contributed by atoms with Gasteiger partial charge in [0.1, 0.15) is 0 Å². The van der Waals surface area contributed by atoms with E-state index in [0.717, 1.165) is 56.7 Å². The highest BCUT2D eigenvalue weighted by atomic mass is 35.5.